The van der Waals surface area contributed by atoms with E-state index in [0.717, 1.165) is 38.6 Å². The Hall–Kier alpha value is -4.60. The fraction of sp³-hybridized carbons (Fsp3) is 0.0769. The number of rotatable bonds is 6. The third-order valence-electron chi connectivity index (χ3n) is 8.29. The molecule has 0 N–H and O–H groups in total. The highest BCUT2D eigenvalue weighted by Crippen LogP contribution is 2.52. The maximum absolute atomic E-state index is 3.60. The van der Waals surface area contributed by atoms with Gasteiger partial charge < -0.3 is 9.80 Å². The van der Waals surface area contributed by atoms with Crippen LogP contribution < -0.4 is 9.80 Å². The quantitative estimate of drug-likeness (QED) is 0.186. The summed E-state index contributed by atoms with van der Waals surface area (Å²) in [4.78, 5) is 4.68. The van der Waals surface area contributed by atoms with E-state index in [0.29, 0.717) is 0 Å². The average molecular weight is 608 g/mol. The first-order chi connectivity index (χ1) is 20.5. The second kappa shape index (κ2) is 10.7. The molecular formula is C39H31BrN2. The summed E-state index contributed by atoms with van der Waals surface area (Å²) >= 11 is 3.60. The summed E-state index contributed by atoms with van der Waals surface area (Å²) in [6.45, 7) is 4.71. The minimum atomic E-state index is -0.169. The van der Waals surface area contributed by atoms with E-state index in [9.17, 15) is 0 Å². The molecule has 0 atom stereocenters. The van der Waals surface area contributed by atoms with Crippen molar-refractivity contribution >= 4 is 50.1 Å². The molecule has 0 aliphatic heterocycles. The second-order valence-corrected chi connectivity index (χ2v) is 12.2. The molecule has 2 nitrogen and oxygen atoms in total. The lowest BCUT2D eigenvalue weighted by Crippen LogP contribution is -2.17. The molecule has 0 fully saturated rings. The van der Waals surface area contributed by atoms with Crippen LogP contribution in [-0.4, -0.2) is 0 Å². The molecule has 0 heterocycles. The molecule has 0 unspecified atom stereocenters. The summed E-state index contributed by atoms with van der Waals surface area (Å²) in [6.07, 6.45) is 0. The lowest BCUT2D eigenvalue weighted by atomic mass is 9.82. The van der Waals surface area contributed by atoms with Crippen LogP contribution in [0.3, 0.4) is 0 Å². The summed E-state index contributed by atoms with van der Waals surface area (Å²) in [5, 5.41) is 0. The Morgan fingerprint density at radius 3 is 1.12 bits per heavy atom. The number of fused-ring (bicyclic) bond motifs is 3. The predicted octanol–water partition coefficient (Wildman–Crippen LogP) is 11.7. The molecule has 7 rings (SSSR count). The number of benzene rings is 6. The molecule has 0 saturated carbocycles. The van der Waals surface area contributed by atoms with Gasteiger partial charge in [0.05, 0.1) is 0 Å². The number of hydrogen-bond donors (Lipinski definition) is 0. The number of para-hydroxylation sites is 3. The molecule has 204 valence electrons. The number of halogens is 1. The topological polar surface area (TPSA) is 6.48 Å². The van der Waals surface area contributed by atoms with Crippen LogP contribution in [0.1, 0.15) is 25.0 Å². The second-order valence-electron chi connectivity index (χ2n) is 11.2. The molecule has 3 heteroatoms. The minimum absolute atomic E-state index is 0.169. The minimum Gasteiger partial charge on any atom is -0.310 e. The van der Waals surface area contributed by atoms with Crippen LogP contribution in [0.4, 0.5) is 34.1 Å². The van der Waals surface area contributed by atoms with E-state index >= 15 is 0 Å². The molecule has 0 aromatic heterocycles. The van der Waals surface area contributed by atoms with E-state index in [1.54, 1.807) is 0 Å². The Bertz CT molecular complexity index is 1810. The smallest absolute Gasteiger partial charge is 0.0465 e. The van der Waals surface area contributed by atoms with Crippen LogP contribution in [0.25, 0.3) is 11.1 Å². The first-order valence-corrected chi connectivity index (χ1v) is 15.1. The lowest BCUT2D eigenvalue weighted by molar-refractivity contribution is 0.660. The van der Waals surface area contributed by atoms with E-state index in [1.807, 2.05) is 0 Å². The third kappa shape index (κ3) is 4.60. The largest absolute Gasteiger partial charge is 0.310 e. The molecule has 42 heavy (non-hydrogen) atoms. The summed E-state index contributed by atoms with van der Waals surface area (Å²) in [7, 11) is 0. The molecule has 0 saturated heterocycles. The van der Waals surface area contributed by atoms with Gasteiger partial charge >= 0.3 is 0 Å². The molecule has 0 bridgehead atoms. The van der Waals surface area contributed by atoms with E-state index in [4.69, 9.17) is 0 Å². The van der Waals surface area contributed by atoms with Gasteiger partial charge in [0.1, 0.15) is 0 Å². The molecule has 1 aliphatic rings. The van der Waals surface area contributed by atoms with Gasteiger partial charge in [-0.2, -0.15) is 0 Å². The van der Waals surface area contributed by atoms with Gasteiger partial charge in [-0.3, -0.25) is 0 Å². The Labute approximate surface area is 256 Å². The maximum atomic E-state index is 3.60. The van der Waals surface area contributed by atoms with Gasteiger partial charge in [0.15, 0.2) is 0 Å². The Balaban J connectivity index is 1.34. The number of anilines is 6. The van der Waals surface area contributed by atoms with Crippen molar-refractivity contribution in [3.05, 3.63) is 167 Å². The summed E-state index contributed by atoms with van der Waals surface area (Å²) < 4.78 is 1.07. The van der Waals surface area contributed by atoms with Crippen LogP contribution in [0.2, 0.25) is 0 Å². The van der Waals surface area contributed by atoms with Gasteiger partial charge in [-0.1, -0.05) is 96.5 Å². The lowest BCUT2D eigenvalue weighted by Gasteiger charge is -2.29. The van der Waals surface area contributed by atoms with Crippen molar-refractivity contribution in [1.29, 1.82) is 0 Å². The predicted molar refractivity (Wildman–Crippen MR) is 181 cm³/mol. The van der Waals surface area contributed by atoms with Crippen LogP contribution in [0.15, 0.2) is 156 Å². The normalized spacial score (nSPS) is 12.8. The van der Waals surface area contributed by atoms with E-state index in [-0.39, 0.29) is 5.41 Å². The Kier molecular flexibility index (Phi) is 6.68. The van der Waals surface area contributed by atoms with Gasteiger partial charge in [-0.05, 0) is 107 Å². The molecular weight excluding hydrogens is 576 g/mol. The van der Waals surface area contributed by atoms with Crippen molar-refractivity contribution in [2.24, 2.45) is 0 Å². The number of hydrogen-bond acceptors (Lipinski definition) is 2. The highest BCUT2D eigenvalue weighted by molar-refractivity contribution is 9.10. The van der Waals surface area contributed by atoms with Gasteiger partial charge in [0.2, 0.25) is 0 Å². The zero-order valence-corrected chi connectivity index (χ0v) is 25.3. The van der Waals surface area contributed by atoms with Crippen LogP contribution >= 0.6 is 15.9 Å². The standard InChI is InChI=1S/C39H31BrN2/c1-39(2)37-26-33(41(29-12-6-3-7-13-29)30-14-8-4-9-15-30)22-24-35(37)36-25-23-34(27-38(36)39)42(31-16-10-5-11-17-31)32-20-18-28(40)19-21-32/h3-27H,1-2H3. The summed E-state index contributed by atoms with van der Waals surface area (Å²) in [5.74, 6) is 0. The third-order valence-corrected chi connectivity index (χ3v) is 8.82. The zero-order chi connectivity index (χ0) is 28.7. The van der Waals surface area contributed by atoms with Gasteiger partial charge in [-0.15, -0.1) is 0 Å². The molecule has 0 radical (unpaired) electrons. The van der Waals surface area contributed by atoms with E-state index < -0.39 is 0 Å². The van der Waals surface area contributed by atoms with Crippen molar-refractivity contribution in [2.75, 3.05) is 9.80 Å². The van der Waals surface area contributed by atoms with Crippen LogP contribution in [0, 0.1) is 0 Å². The average Bonchev–Trinajstić information content (AvgIpc) is 3.25. The monoisotopic (exact) mass is 606 g/mol. The van der Waals surface area contributed by atoms with Gasteiger partial charge in [0, 0.05) is 44.0 Å². The summed E-state index contributed by atoms with van der Waals surface area (Å²) in [5.41, 5.74) is 12.0. The van der Waals surface area contributed by atoms with Crippen LogP contribution in [0.5, 0.6) is 0 Å². The molecule has 0 amide bonds. The first-order valence-electron chi connectivity index (χ1n) is 14.3. The van der Waals surface area contributed by atoms with Crippen molar-refractivity contribution in [2.45, 2.75) is 19.3 Å². The van der Waals surface area contributed by atoms with Crippen molar-refractivity contribution in [3.8, 4) is 11.1 Å². The SMILES string of the molecule is CC1(C)c2cc(N(c3ccccc3)c3ccccc3)ccc2-c2ccc(N(c3ccccc3)c3ccc(Br)cc3)cc21. The van der Waals surface area contributed by atoms with Crippen LogP contribution in [-0.2, 0) is 5.41 Å². The van der Waals surface area contributed by atoms with Crippen molar-refractivity contribution in [3.63, 3.8) is 0 Å². The molecule has 1 aliphatic carbocycles. The maximum Gasteiger partial charge on any atom is 0.0465 e. The fourth-order valence-corrected chi connectivity index (χ4v) is 6.47. The van der Waals surface area contributed by atoms with Crippen molar-refractivity contribution in [1.82, 2.24) is 0 Å². The Morgan fingerprint density at radius 1 is 0.405 bits per heavy atom. The number of nitrogens with zero attached hydrogens (tertiary/aromatic N) is 2. The molecule has 6 aromatic rings. The zero-order valence-electron chi connectivity index (χ0n) is 23.7. The van der Waals surface area contributed by atoms with Gasteiger partial charge in [0.25, 0.3) is 0 Å². The summed E-state index contributed by atoms with van der Waals surface area (Å²) in [6, 6.07) is 54.3. The first kappa shape index (κ1) is 26.3. The molecule has 6 aromatic carbocycles. The Morgan fingerprint density at radius 2 is 0.738 bits per heavy atom. The van der Waals surface area contributed by atoms with Gasteiger partial charge in [-0.25, -0.2) is 0 Å². The van der Waals surface area contributed by atoms with E-state index in [2.05, 4.69) is 191 Å². The highest BCUT2D eigenvalue weighted by Gasteiger charge is 2.36. The highest BCUT2D eigenvalue weighted by atomic mass is 79.9. The van der Waals surface area contributed by atoms with E-state index in [1.165, 1.54) is 22.3 Å². The molecule has 0 spiro atoms. The fourth-order valence-electron chi connectivity index (χ4n) is 6.21. The van der Waals surface area contributed by atoms with Crippen molar-refractivity contribution < 1.29 is 0 Å².